The van der Waals surface area contributed by atoms with Gasteiger partial charge < -0.3 is 18.9 Å². The van der Waals surface area contributed by atoms with Gasteiger partial charge in [0.15, 0.2) is 0 Å². The van der Waals surface area contributed by atoms with Gasteiger partial charge in [-0.15, -0.1) is 0 Å². The fourth-order valence-corrected chi connectivity index (χ4v) is 4.78. The number of carbonyl (C=O) groups is 1. The fourth-order valence-electron chi connectivity index (χ4n) is 4.78. The average Bonchev–Trinajstić information content (AvgIpc) is 3.55. The molecule has 186 valence electrons. The molecule has 0 spiro atoms. The molecule has 1 fully saturated rings. The summed E-state index contributed by atoms with van der Waals surface area (Å²) >= 11 is 0. The van der Waals surface area contributed by atoms with Crippen molar-refractivity contribution in [1.29, 1.82) is 0 Å². The van der Waals surface area contributed by atoms with E-state index in [1.54, 1.807) is 18.3 Å². The van der Waals surface area contributed by atoms with Crippen molar-refractivity contribution in [2.24, 2.45) is 0 Å². The number of carboxylic acids is 1. The van der Waals surface area contributed by atoms with Gasteiger partial charge in [0.1, 0.15) is 17.2 Å². The number of ether oxygens (including phenoxy) is 1. The molecule has 0 bridgehead atoms. The van der Waals surface area contributed by atoms with Crippen LogP contribution in [0.5, 0.6) is 5.75 Å². The predicted molar refractivity (Wildman–Crippen MR) is 139 cm³/mol. The highest BCUT2D eigenvalue weighted by molar-refractivity contribution is 5.99. The molecule has 8 nitrogen and oxygen atoms in total. The number of hydrogen-bond acceptors (Lipinski definition) is 6. The minimum atomic E-state index is -0.985. The van der Waals surface area contributed by atoms with Crippen LogP contribution in [0.3, 0.4) is 0 Å². The molecular weight excluding hydrogens is 468 g/mol. The fraction of sp³-hybridized carbons (Fsp3) is 0.241. The molecule has 37 heavy (non-hydrogen) atoms. The van der Waals surface area contributed by atoms with Gasteiger partial charge in [-0.25, -0.2) is 9.78 Å². The van der Waals surface area contributed by atoms with Crippen molar-refractivity contribution < 1.29 is 19.2 Å². The molecule has 5 aromatic rings. The van der Waals surface area contributed by atoms with Gasteiger partial charge in [0.2, 0.25) is 0 Å². The van der Waals surface area contributed by atoms with E-state index in [2.05, 4.69) is 33.9 Å². The van der Waals surface area contributed by atoms with Gasteiger partial charge in [-0.1, -0.05) is 11.2 Å². The third-order valence-corrected chi connectivity index (χ3v) is 6.86. The molecule has 1 unspecified atom stereocenters. The Morgan fingerprint density at radius 2 is 1.97 bits per heavy atom. The molecule has 1 aliphatic rings. The highest BCUT2D eigenvalue weighted by Crippen LogP contribution is 2.42. The van der Waals surface area contributed by atoms with Crippen molar-refractivity contribution in [2.45, 2.75) is 45.8 Å². The second-order valence-electron chi connectivity index (χ2n) is 9.51. The molecule has 1 aliphatic carbocycles. The lowest BCUT2D eigenvalue weighted by atomic mass is 10.00. The Balaban J connectivity index is 1.59. The number of aromatic nitrogens is 4. The van der Waals surface area contributed by atoms with E-state index in [4.69, 9.17) is 14.2 Å². The van der Waals surface area contributed by atoms with E-state index in [1.165, 1.54) is 0 Å². The topological polar surface area (TPSA) is 103 Å². The van der Waals surface area contributed by atoms with Gasteiger partial charge >= 0.3 is 5.97 Å². The third-order valence-electron chi connectivity index (χ3n) is 6.86. The number of hydrogen-bond donors (Lipinski definition) is 1. The number of fused-ring (bicyclic) bond motifs is 1. The monoisotopic (exact) mass is 494 g/mol. The SMILES string of the molecule is Cc1noc(C)c1-c1cnc2c(c1)c(-c1ccc(C(=O)O)cc1OC1CC1)cn2C(C)c1ccccn1. The van der Waals surface area contributed by atoms with E-state index < -0.39 is 5.97 Å². The van der Waals surface area contributed by atoms with Crippen LogP contribution in [-0.4, -0.2) is 36.9 Å². The van der Waals surface area contributed by atoms with Gasteiger partial charge in [-0.2, -0.15) is 0 Å². The van der Waals surface area contributed by atoms with E-state index in [1.807, 2.05) is 44.3 Å². The first-order chi connectivity index (χ1) is 17.9. The maximum atomic E-state index is 11.7. The molecule has 1 saturated carbocycles. The average molecular weight is 495 g/mol. The Morgan fingerprint density at radius 3 is 2.65 bits per heavy atom. The molecule has 0 amide bonds. The summed E-state index contributed by atoms with van der Waals surface area (Å²) in [5, 5.41) is 14.6. The van der Waals surface area contributed by atoms with Crippen LogP contribution in [0.25, 0.3) is 33.3 Å². The van der Waals surface area contributed by atoms with Crippen molar-refractivity contribution in [3.63, 3.8) is 0 Å². The minimum Gasteiger partial charge on any atom is -0.490 e. The molecule has 6 rings (SSSR count). The van der Waals surface area contributed by atoms with Crippen molar-refractivity contribution >= 4 is 17.0 Å². The Hall–Kier alpha value is -4.46. The molecule has 0 aliphatic heterocycles. The first kappa shape index (κ1) is 23.0. The number of pyridine rings is 2. The van der Waals surface area contributed by atoms with E-state index in [-0.39, 0.29) is 17.7 Å². The molecule has 4 heterocycles. The van der Waals surface area contributed by atoms with Crippen LogP contribution in [0.4, 0.5) is 0 Å². The first-order valence-corrected chi connectivity index (χ1v) is 12.3. The van der Waals surface area contributed by atoms with E-state index in [0.717, 1.165) is 63.3 Å². The Labute approximate surface area is 213 Å². The molecule has 1 N–H and O–H groups in total. The normalized spacial score (nSPS) is 14.1. The molecule has 8 heteroatoms. The summed E-state index contributed by atoms with van der Waals surface area (Å²) in [6, 6.07) is 12.9. The minimum absolute atomic E-state index is 0.0824. The van der Waals surface area contributed by atoms with Crippen LogP contribution in [0.15, 0.2) is 65.6 Å². The lowest BCUT2D eigenvalue weighted by molar-refractivity contribution is 0.0696. The van der Waals surface area contributed by atoms with Crippen molar-refractivity contribution in [3.8, 4) is 28.0 Å². The van der Waals surface area contributed by atoms with Gasteiger partial charge in [-0.05, 0) is 70.0 Å². The summed E-state index contributed by atoms with van der Waals surface area (Å²) in [5.41, 5.74) is 6.26. The van der Waals surface area contributed by atoms with E-state index in [0.29, 0.717) is 5.75 Å². The third kappa shape index (κ3) is 4.14. The summed E-state index contributed by atoms with van der Waals surface area (Å²) in [7, 11) is 0. The summed E-state index contributed by atoms with van der Waals surface area (Å²) in [6.45, 7) is 5.89. The lowest BCUT2D eigenvalue weighted by Gasteiger charge is -2.14. The number of nitrogens with zero attached hydrogens (tertiary/aromatic N) is 4. The molecule has 1 aromatic carbocycles. The van der Waals surface area contributed by atoms with Gasteiger partial charge in [0.25, 0.3) is 0 Å². The van der Waals surface area contributed by atoms with Gasteiger partial charge in [-0.3, -0.25) is 4.98 Å². The second kappa shape index (κ2) is 8.89. The maximum Gasteiger partial charge on any atom is 0.335 e. The molecular formula is C29H26N4O4. The summed E-state index contributed by atoms with van der Waals surface area (Å²) in [4.78, 5) is 21.2. The first-order valence-electron chi connectivity index (χ1n) is 12.3. The highest BCUT2D eigenvalue weighted by Gasteiger charge is 2.27. The standard InChI is InChI=1S/C29H26N4O4/c1-16-27(18(3)37-32-16)20-12-23-24(22-10-7-19(29(34)35)13-26(22)36-21-8-9-21)15-33(28(23)31-14-20)17(2)25-6-4-5-11-30-25/h4-7,10-15,17,21H,8-9H2,1-3H3,(H,34,35). The summed E-state index contributed by atoms with van der Waals surface area (Å²) in [5.74, 6) is 0.306. The van der Waals surface area contributed by atoms with Gasteiger partial charge in [0, 0.05) is 46.2 Å². The van der Waals surface area contributed by atoms with Gasteiger partial charge in [0.05, 0.1) is 29.1 Å². The van der Waals surface area contributed by atoms with Crippen molar-refractivity contribution in [3.05, 3.63) is 83.8 Å². The van der Waals surface area contributed by atoms with E-state index >= 15 is 0 Å². The lowest BCUT2D eigenvalue weighted by Crippen LogP contribution is -2.07. The number of aryl methyl sites for hydroxylation is 2. The van der Waals surface area contributed by atoms with Crippen LogP contribution in [0, 0.1) is 13.8 Å². The Kier molecular flexibility index (Phi) is 5.52. The van der Waals surface area contributed by atoms with Crippen LogP contribution in [0.2, 0.25) is 0 Å². The predicted octanol–water partition coefficient (Wildman–Crippen LogP) is 6.22. The van der Waals surface area contributed by atoms with Crippen LogP contribution >= 0.6 is 0 Å². The Bertz CT molecular complexity index is 1610. The zero-order chi connectivity index (χ0) is 25.7. The molecule has 1 atom stereocenters. The van der Waals surface area contributed by atoms with Crippen molar-refractivity contribution in [2.75, 3.05) is 0 Å². The number of benzene rings is 1. The highest BCUT2D eigenvalue weighted by atomic mass is 16.5. The molecule has 4 aromatic heterocycles. The number of rotatable bonds is 7. The van der Waals surface area contributed by atoms with Crippen molar-refractivity contribution in [1.82, 2.24) is 19.7 Å². The number of aromatic carboxylic acids is 1. The van der Waals surface area contributed by atoms with Crippen LogP contribution < -0.4 is 4.74 Å². The zero-order valence-electron chi connectivity index (χ0n) is 20.8. The quantitative estimate of drug-likeness (QED) is 0.286. The van der Waals surface area contributed by atoms with E-state index in [9.17, 15) is 9.90 Å². The zero-order valence-corrected chi connectivity index (χ0v) is 20.8. The maximum absolute atomic E-state index is 11.7. The smallest absolute Gasteiger partial charge is 0.335 e. The largest absolute Gasteiger partial charge is 0.490 e. The number of carboxylic acid groups (broad SMARTS) is 1. The van der Waals surface area contributed by atoms with Crippen LogP contribution in [0.1, 0.15) is 53.3 Å². The second-order valence-corrected chi connectivity index (χ2v) is 9.51. The molecule has 0 radical (unpaired) electrons. The Morgan fingerprint density at radius 1 is 1.14 bits per heavy atom. The summed E-state index contributed by atoms with van der Waals surface area (Å²) in [6.07, 6.45) is 7.73. The van der Waals surface area contributed by atoms with Crippen LogP contribution in [-0.2, 0) is 0 Å². The summed E-state index contributed by atoms with van der Waals surface area (Å²) < 4.78 is 13.7. The molecule has 0 saturated heterocycles.